The maximum Gasteiger partial charge on any atom is 0.256 e. The molecule has 3 fully saturated rings. The Bertz CT molecular complexity index is 1280. The van der Waals surface area contributed by atoms with Crippen LogP contribution in [0.15, 0.2) is 36.8 Å². The first-order valence-corrected chi connectivity index (χ1v) is 13.9. The maximum absolute atomic E-state index is 14.4. The Kier molecular flexibility index (Phi) is 7.00. The topological polar surface area (TPSA) is 50.6 Å². The summed E-state index contributed by atoms with van der Waals surface area (Å²) in [5, 5.41) is 1.21. The maximum atomic E-state index is 14.4. The van der Waals surface area contributed by atoms with Gasteiger partial charge >= 0.3 is 0 Å². The standard InChI is InChI=1S/C30H37FN4O2/c1-21-16-32-17-28-29(21)24(14-23-6-11-33(19-23)18-22-7-12-37-13-8-22)20-35(28)27-5-4-25(31)15-26(27)30(36)34-9-2-3-10-34/h4-5,15-17,20,22-23H,2-3,6-14,18-19H2,1H3/t23-/m0/s1. The summed E-state index contributed by atoms with van der Waals surface area (Å²) in [6.45, 7) is 8.86. The van der Waals surface area contributed by atoms with Gasteiger partial charge in [-0.25, -0.2) is 4.39 Å². The predicted octanol–water partition coefficient (Wildman–Crippen LogP) is 5.00. The van der Waals surface area contributed by atoms with Crippen LogP contribution < -0.4 is 0 Å². The van der Waals surface area contributed by atoms with Crippen molar-refractivity contribution in [3.8, 4) is 5.69 Å². The summed E-state index contributed by atoms with van der Waals surface area (Å²) in [6.07, 6.45) is 12.5. The lowest BCUT2D eigenvalue weighted by molar-refractivity contribution is 0.0551. The minimum absolute atomic E-state index is 0.0874. The first-order valence-electron chi connectivity index (χ1n) is 13.9. The molecule has 0 unspecified atom stereocenters. The highest BCUT2D eigenvalue weighted by Crippen LogP contribution is 2.33. The Hall–Kier alpha value is -2.77. The molecule has 1 amide bonds. The molecule has 1 aromatic carbocycles. The second-order valence-corrected chi connectivity index (χ2v) is 11.2. The number of aryl methyl sites for hydroxylation is 1. The molecule has 0 radical (unpaired) electrons. The number of hydrogen-bond acceptors (Lipinski definition) is 4. The normalized spacial score (nSPS) is 21.4. The largest absolute Gasteiger partial charge is 0.381 e. The van der Waals surface area contributed by atoms with Crippen LogP contribution in [0.5, 0.6) is 0 Å². The molecule has 5 heterocycles. The van der Waals surface area contributed by atoms with Crippen LogP contribution in [0.4, 0.5) is 4.39 Å². The van der Waals surface area contributed by atoms with Crippen LogP contribution in [-0.2, 0) is 11.2 Å². The number of benzene rings is 1. The number of halogens is 1. The molecule has 7 heteroatoms. The zero-order valence-corrected chi connectivity index (χ0v) is 21.8. The molecule has 0 saturated carbocycles. The molecular formula is C30H37FN4O2. The Morgan fingerprint density at radius 3 is 2.70 bits per heavy atom. The molecule has 6 nitrogen and oxygen atoms in total. The number of likely N-dealkylation sites (tertiary alicyclic amines) is 2. The van der Waals surface area contributed by atoms with E-state index >= 15 is 0 Å². The van der Waals surface area contributed by atoms with E-state index in [9.17, 15) is 9.18 Å². The summed E-state index contributed by atoms with van der Waals surface area (Å²) >= 11 is 0. The van der Waals surface area contributed by atoms with Crippen LogP contribution in [0, 0.1) is 24.6 Å². The minimum Gasteiger partial charge on any atom is -0.381 e. The molecule has 0 N–H and O–H groups in total. The van der Waals surface area contributed by atoms with Gasteiger partial charge < -0.3 is 19.1 Å². The van der Waals surface area contributed by atoms with Crippen molar-refractivity contribution >= 4 is 16.8 Å². The summed E-state index contributed by atoms with van der Waals surface area (Å²) in [4.78, 5) is 22.4. The Morgan fingerprint density at radius 1 is 1.08 bits per heavy atom. The second-order valence-electron chi connectivity index (χ2n) is 11.2. The number of nitrogens with zero attached hydrogens (tertiary/aromatic N) is 4. The molecule has 3 aliphatic rings. The number of aromatic nitrogens is 2. The van der Waals surface area contributed by atoms with Crippen LogP contribution in [0.25, 0.3) is 16.6 Å². The number of carbonyl (C=O) groups is 1. The van der Waals surface area contributed by atoms with Gasteiger partial charge in [0, 0.05) is 57.2 Å². The van der Waals surface area contributed by atoms with Crippen LogP contribution in [0.3, 0.4) is 0 Å². The Balaban J connectivity index is 1.29. The number of ether oxygens (including phenoxy) is 1. The van der Waals surface area contributed by atoms with E-state index in [4.69, 9.17) is 4.74 Å². The summed E-state index contributed by atoms with van der Waals surface area (Å²) in [7, 11) is 0. The van der Waals surface area contributed by atoms with Gasteiger partial charge in [0.2, 0.25) is 0 Å². The average molecular weight is 505 g/mol. The molecule has 3 aliphatic heterocycles. The molecule has 0 spiro atoms. The van der Waals surface area contributed by atoms with Gasteiger partial charge in [-0.15, -0.1) is 0 Å². The number of fused-ring (bicyclic) bond motifs is 1. The number of hydrogen-bond donors (Lipinski definition) is 0. The van der Waals surface area contributed by atoms with Crippen molar-refractivity contribution in [2.75, 3.05) is 45.9 Å². The fourth-order valence-corrected chi connectivity index (χ4v) is 6.63. The van der Waals surface area contributed by atoms with Crippen molar-refractivity contribution in [1.29, 1.82) is 0 Å². The van der Waals surface area contributed by atoms with Gasteiger partial charge in [-0.3, -0.25) is 9.78 Å². The summed E-state index contributed by atoms with van der Waals surface area (Å²) in [5.74, 6) is 0.890. The molecule has 0 bridgehead atoms. The van der Waals surface area contributed by atoms with Crippen molar-refractivity contribution in [2.24, 2.45) is 11.8 Å². The highest BCUT2D eigenvalue weighted by molar-refractivity contribution is 5.99. The van der Waals surface area contributed by atoms with Crippen molar-refractivity contribution in [1.82, 2.24) is 19.4 Å². The zero-order valence-electron chi connectivity index (χ0n) is 21.8. The van der Waals surface area contributed by atoms with Gasteiger partial charge in [-0.05, 0) is 93.2 Å². The molecule has 6 rings (SSSR count). The first-order chi connectivity index (χ1) is 18.1. The fraction of sp³-hybridized carbons (Fsp3) is 0.533. The molecule has 37 heavy (non-hydrogen) atoms. The molecule has 0 aliphatic carbocycles. The number of rotatable bonds is 6. The molecule has 3 aromatic rings. The molecule has 1 atom stereocenters. The van der Waals surface area contributed by atoms with Crippen LogP contribution in [-0.4, -0.2) is 71.2 Å². The third kappa shape index (κ3) is 5.04. The predicted molar refractivity (Wildman–Crippen MR) is 143 cm³/mol. The van der Waals surface area contributed by atoms with E-state index in [1.54, 1.807) is 6.07 Å². The van der Waals surface area contributed by atoms with Crippen molar-refractivity contribution in [2.45, 2.75) is 45.4 Å². The molecule has 196 valence electrons. The summed E-state index contributed by atoms with van der Waals surface area (Å²) in [6, 6.07) is 4.60. The smallest absolute Gasteiger partial charge is 0.256 e. The number of carbonyl (C=O) groups excluding carboxylic acids is 1. The summed E-state index contributed by atoms with van der Waals surface area (Å²) in [5.41, 5.74) is 4.56. The SMILES string of the molecule is Cc1cncc2c1c(C[C@@H]1CCN(CC3CCOCC3)C1)cn2-c1ccc(F)cc1C(=O)N1CCCC1. The third-order valence-corrected chi connectivity index (χ3v) is 8.56. The van der Waals surface area contributed by atoms with E-state index in [1.807, 2.05) is 17.3 Å². The fourth-order valence-electron chi connectivity index (χ4n) is 6.63. The van der Waals surface area contributed by atoms with Gasteiger partial charge in [-0.1, -0.05) is 0 Å². The highest BCUT2D eigenvalue weighted by atomic mass is 19.1. The van der Waals surface area contributed by atoms with E-state index in [0.717, 1.165) is 81.3 Å². The molecular weight excluding hydrogens is 467 g/mol. The second kappa shape index (κ2) is 10.5. The quantitative estimate of drug-likeness (QED) is 0.474. The van der Waals surface area contributed by atoms with E-state index < -0.39 is 0 Å². The van der Waals surface area contributed by atoms with E-state index in [2.05, 4.69) is 27.6 Å². The lowest BCUT2D eigenvalue weighted by atomic mass is 9.97. The van der Waals surface area contributed by atoms with Gasteiger partial charge in [-0.2, -0.15) is 0 Å². The van der Waals surface area contributed by atoms with Crippen LogP contribution >= 0.6 is 0 Å². The Morgan fingerprint density at radius 2 is 1.89 bits per heavy atom. The van der Waals surface area contributed by atoms with Crippen LogP contribution in [0.2, 0.25) is 0 Å². The van der Waals surface area contributed by atoms with E-state index in [1.165, 1.54) is 48.9 Å². The van der Waals surface area contributed by atoms with Gasteiger partial charge in [0.1, 0.15) is 5.82 Å². The first kappa shape index (κ1) is 24.6. The van der Waals surface area contributed by atoms with Crippen molar-refractivity contribution in [3.05, 3.63) is 59.3 Å². The Labute approximate surface area is 218 Å². The number of pyridine rings is 1. The molecule has 2 aromatic heterocycles. The highest BCUT2D eigenvalue weighted by Gasteiger charge is 2.28. The number of amides is 1. The third-order valence-electron chi connectivity index (χ3n) is 8.56. The van der Waals surface area contributed by atoms with Gasteiger partial charge in [0.25, 0.3) is 5.91 Å². The lowest BCUT2D eigenvalue weighted by Gasteiger charge is -2.27. The van der Waals surface area contributed by atoms with E-state index in [-0.39, 0.29) is 11.7 Å². The van der Waals surface area contributed by atoms with Crippen LogP contribution in [0.1, 0.15) is 53.6 Å². The van der Waals surface area contributed by atoms with E-state index in [0.29, 0.717) is 11.5 Å². The van der Waals surface area contributed by atoms with Crippen molar-refractivity contribution < 1.29 is 13.9 Å². The molecule has 3 saturated heterocycles. The lowest BCUT2D eigenvalue weighted by Crippen LogP contribution is -2.31. The van der Waals surface area contributed by atoms with Gasteiger partial charge in [0.15, 0.2) is 0 Å². The summed E-state index contributed by atoms with van der Waals surface area (Å²) < 4.78 is 22.0. The zero-order chi connectivity index (χ0) is 25.4. The monoisotopic (exact) mass is 504 g/mol. The van der Waals surface area contributed by atoms with Gasteiger partial charge in [0.05, 0.1) is 23.0 Å². The van der Waals surface area contributed by atoms with Crippen molar-refractivity contribution in [3.63, 3.8) is 0 Å². The average Bonchev–Trinajstić information content (AvgIpc) is 3.66. The minimum atomic E-state index is -0.382.